The molecule has 2 aromatic carbocycles. The van der Waals surface area contributed by atoms with Crippen LogP contribution < -0.4 is 5.32 Å². The van der Waals surface area contributed by atoms with Crippen molar-refractivity contribution >= 4 is 16.7 Å². The summed E-state index contributed by atoms with van der Waals surface area (Å²) in [5.41, 5.74) is 2.61. The van der Waals surface area contributed by atoms with Crippen molar-refractivity contribution in [2.24, 2.45) is 0 Å². The predicted octanol–water partition coefficient (Wildman–Crippen LogP) is 3.06. The highest BCUT2D eigenvalue weighted by atomic mass is 16.3. The van der Waals surface area contributed by atoms with E-state index in [1.807, 2.05) is 62.4 Å². The first-order valence-electron chi connectivity index (χ1n) is 8.43. The number of hydrogen-bond donors (Lipinski definition) is 2. The number of aryl methyl sites for hydroxylation is 2. The number of nitrogens with zero attached hydrogens (tertiary/aromatic N) is 2. The van der Waals surface area contributed by atoms with Crippen molar-refractivity contribution in [1.82, 2.24) is 15.1 Å². The van der Waals surface area contributed by atoms with Crippen molar-refractivity contribution in [3.05, 3.63) is 65.5 Å². The number of fused-ring (bicyclic) bond motifs is 1. The molecule has 0 spiro atoms. The molecule has 0 fully saturated rings. The molecular weight excluding hydrogens is 314 g/mol. The highest BCUT2D eigenvalue weighted by molar-refractivity contribution is 5.83. The lowest BCUT2D eigenvalue weighted by molar-refractivity contribution is -0.124. The van der Waals surface area contributed by atoms with Crippen LogP contribution >= 0.6 is 0 Å². The van der Waals surface area contributed by atoms with Crippen molar-refractivity contribution in [3.8, 4) is 0 Å². The van der Waals surface area contributed by atoms with Crippen LogP contribution in [0.25, 0.3) is 10.8 Å². The van der Waals surface area contributed by atoms with E-state index in [0.29, 0.717) is 0 Å². The van der Waals surface area contributed by atoms with Gasteiger partial charge in [-0.05, 0) is 49.2 Å². The van der Waals surface area contributed by atoms with Crippen molar-refractivity contribution < 1.29 is 9.90 Å². The number of hydrogen-bond acceptors (Lipinski definition) is 3. The zero-order valence-electron chi connectivity index (χ0n) is 14.7. The number of aromatic nitrogens is 2. The van der Waals surface area contributed by atoms with E-state index in [1.54, 1.807) is 11.6 Å². The Balaban J connectivity index is 1.65. The Morgan fingerprint density at radius 2 is 1.88 bits per heavy atom. The van der Waals surface area contributed by atoms with Crippen LogP contribution in [0.5, 0.6) is 0 Å². The maximum Gasteiger partial charge on any atom is 0.244 e. The molecule has 0 aliphatic carbocycles. The first kappa shape index (κ1) is 17.2. The van der Waals surface area contributed by atoms with Gasteiger partial charge in [0.2, 0.25) is 5.91 Å². The van der Waals surface area contributed by atoms with E-state index in [-0.39, 0.29) is 12.5 Å². The van der Waals surface area contributed by atoms with Gasteiger partial charge < -0.3 is 10.4 Å². The largest absolute Gasteiger partial charge is 0.387 e. The number of benzene rings is 2. The van der Waals surface area contributed by atoms with Gasteiger partial charge in [0.05, 0.1) is 11.8 Å². The number of rotatable bonds is 5. The van der Waals surface area contributed by atoms with Crippen LogP contribution in [0.1, 0.15) is 36.0 Å². The lowest BCUT2D eigenvalue weighted by atomic mass is 10.0. The van der Waals surface area contributed by atoms with E-state index in [9.17, 15) is 9.90 Å². The number of aliphatic hydroxyl groups excluding tert-OH is 1. The van der Waals surface area contributed by atoms with Gasteiger partial charge in [0, 0.05) is 12.2 Å². The molecule has 0 aliphatic rings. The maximum absolute atomic E-state index is 12.4. The average molecular weight is 337 g/mol. The highest BCUT2D eigenvalue weighted by Gasteiger charge is 2.19. The van der Waals surface area contributed by atoms with Crippen LogP contribution in [0.4, 0.5) is 0 Å². The monoisotopic (exact) mass is 337 g/mol. The second kappa shape index (κ2) is 7.07. The van der Waals surface area contributed by atoms with Crippen molar-refractivity contribution in [2.75, 3.05) is 6.54 Å². The third kappa shape index (κ3) is 3.72. The Bertz CT molecular complexity index is 901. The minimum absolute atomic E-state index is 0.161. The fraction of sp³-hybridized carbons (Fsp3) is 0.300. The lowest BCUT2D eigenvalue weighted by Crippen LogP contribution is -2.34. The van der Waals surface area contributed by atoms with Gasteiger partial charge in [-0.15, -0.1) is 0 Å². The summed E-state index contributed by atoms with van der Waals surface area (Å²) in [5, 5.41) is 19.8. The van der Waals surface area contributed by atoms with E-state index >= 15 is 0 Å². The number of aliphatic hydroxyl groups is 1. The standard InChI is InChI=1S/C20H23N3O2/c1-13-10-14(2)23(22-13)15(3)20(25)21-12-19(24)18-9-8-16-6-4-5-7-17(16)11-18/h4-11,15,19,24H,12H2,1-3H3,(H,21,25)/t15-,19-/m0/s1. The van der Waals surface area contributed by atoms with Crippen LogP contribution in [0.2, 0.25) is 0 Å². The molecule has 3 aromatic rings. The molecule has 130 valence electrons. The molecule has 2 atom stereocenters. The minimum Gasteiger partial charge on any atom is -0.387 e. The fourth-order valence-corrected chi connectivity index (χ4v) is 3.03. The summed E-state index contributed by atoms with van der Waals surface area (Å²) in [5.74, 6) is -0.161. The Kier molecular flexibility index (Phi) is 4.86. The molecule has 1 aromatic heterocycles. The summed E-state index contributed by atoms with van der Waals surface area (Å²) in [7, 11) is 0. The van der Waals surface area contributed by atoms with Gasteiger partial charge in [-0.2, -0.15) is 5.10 Å². The van der Waals surface area contributed by atoms with Gasteiger partial charge in [-0.3, -0.25) is 9.48 Å². The van der Waals surface area contributed by atoms with E-state index in [0.717, 1.165) is 27.7 Å². The molecule has 0 unspecified atom stereocenters. The summed E-state index contributed by atoms with van der Waals surface area (Å²) in [6.07, 6.45) is -0.749. The first-order chi connectivity index (χ1) is 12.0. The maximum atomic E-state index is 12.4. The molecule has 0 saturated heterocycles. The smallest absolute Gasteiger partial charge is 0.244 e. The Hall–Kier alpha value is -2.66. The quantitative estimate of drug-likeness (QED) is 0.752. The van der Waals surface area contributed by atoms with E-state index in [2.05, 4.69) is 10.4 Å². The SMILES string of the molecule is Cc1cc(C)n([C@@H](C)C(=O)NC[C@H](O)c2ccc3ccccc3c2)n1. The molecule has 25 heavy (non-hydrogen) atoms. The summed E-state index contributed by atoms with van der Waals surface area (Å²) >= 11 is 0. The summed E-state index contributed by atoms with van der Waals surface area (Å²) < 4.78 is 1.70. The molecule has 1 amide bonds. The third-order valence-electron chi connectivity index (χ3n) is 4.42. The topological polar surface area (TPSA) is 67.2 Å². The summed E-state index contributed by atoms with van der Waals surface area (Å²) in [6, 6.07) is 15.3. The number of amides is 1. The second-order valence-electron chi connectivity index (χ2n) is 6.42. The molecule has 0 radical (unpaired) electrons. The van der Waals surface area contributed by atoms with Crippen LogP contribution in [0, 0.1) is 13.8 Å². The average Bonchev–Trinajstić information content (AvgIpc) is 2.96. The Morgan fingerprint density at radius 1 is 1.16 bits per heavy atom. The minimum atomic E-state index is -0.749. The van der Waals surface area contributed by atoms with E-state index in [4.69, 9.17) is 0 Å². The predicted molar refractivity (Wildman–Crippen MR) is 98.3 cm³/mol. The molecule has 5 nitrogen and oxygen atoms in total. The molecule has 2 N–H and O–H groups in total. The molecule has 0 saturated carbocycles. The van der Waals surface area contributed by atoms with Gasteiger partial charge in [-0.1, -0.05) is 36.4 Å². The van der Waals surface area contributed by atoms with E-state index < -0.39 is 12.1 Å². The number of carbonyl (C=O) groups is 1. The summed E-state index contributed by atoms with van der Waals surface area (Å²) in [4.78, 5) is 12.4. The van der Waals surface area contributed by atoms with Gasteiger partial charge in [0.15, 0.2) is 0 Å². The zero-order chi connectivity index (χ0) is 18.0. The fourth-order valence-electron chi connectivity index (χ4n) is 3.03. The highest BCUT2D eigenvalue weighted by Crippen LogP contribution is 2.20. The normalized spacial score (nSPS) is 13.6. The Morgan fingerprint density at radius 3 is 2.56 bits per heavy atom. The van der Waals surface area contributed by atoms with Crippen LogP contribution in [0.3, 0.4) is 0 Å². The molecule has 0 aliphatic heterocycles. The van der Waals surface area contributed by atoms with Crippen LogP contribution in [-0.2, 0) is 4.79 Å². The molecule has 5 heteroatoms. The lowest BCUT2D eigenvalue weighted by Gasteiger charge is -2.17. The van der Waals surface area contributed by atoms with Crippen molar-refractivity contribution in [1.29, 1.82) is 0 Å². The van der Waals surface area contributed by atoms with Gasteiger partial charge in [0.25, 0.3) is 0 Å². The van der Waals surface area contributed by atoms with Gasteiger partial charge in [0.1, 0.15) is 6.04 Å². The van der Waals surface area contributed by atoms with E-state index in [1.165, 1.54) is 0 Å². The van der Waals surface area contributed by atoms with Gasteiger partial charge in [-0.25, -0.2) is 0 Å². The third-order valence-corrected chi connectivity index (χ3v) is 4.42. The van der Waals surface area contributed by atoms with Crippen LogP contribution in [-0.4, -0.2) is 27.3 Å². The van der Waals surface area contributed by atoms with Crippen molar-refractivity contribution in [3.63, 3.8) is 0 Å². The molecule has 1 heterocycles. The van der Waals surface area contributed by atoms with Crippen LogP contribution in [0.15, 0.2) is 48.5 Å². The Labute approximate surface area is 147 Å². The molecular formula is C20H23N3O2. The summed E-state index contributed by atoms with van der Waals surface area (Å²) in [6.45, 7) is 5.79. The van der Waals surface area contributed by atoms with Crippen molar-refractivity contribution in [2.45, 2.75) is 32.9 Å². The molecule has 0 bridgehead atoms. The van der Waals surface area contributed by atoms with Gasteiger partial charge >= 0.3 is 0 Å². The zero-order valence-corrected chi connectivity index (χ0v) is 14.7. The number of nitrogens with one attached hydrogen (secondary N) is 1. The first-order valence-corrected chi connectivity index (χ1v) is 8.43. The number of carbonyl (C=O) groups excluding carboxylic acids is 1. The second-order valence-corrected chi connectivity index (χ2v) is 6.42. The molecule has 3 rings (SSSR count).